The van der Waals surface area contributed by atoms with Gasteiger partial charge in [0.05, 0.1) is 23.7 Å². The third-order valence-electron chi connectivity index (χ3n) is 5.18. The summed E-state index contributed by atoms with van der Waals surface area (Å²) in [6.45, 7) is 1.89. The molecule has 1 atom stereocenters. The van der Waals surface area contributed by atoms with Gasteiger partial charge < -0.3 is 15.5 Å². The van der Waals surface area contributed by atoms with Crippen molar-refractivity contribution in [2.45, 2.75) is 26.0 Å². The van der Waals surface area contributed by atoms with Crippen LogP contribution in [0.3, 0.4) is 0 Å². The number of carbonyl (C=O) groups excluding carboxylic acids is 3. The van der Waals surface area contributed by atoms with Crippen molar-refractivity contribution < 1.29 is 19.1 Å². The molecule has 2 aromatic carbocycles. The minimum atomic E-state index is -1.18. The zero-order valence-electron chi connectivity index (χ0n) is 17.9. The molecule has 0 saturated heterocycles. The second kappa shape index (κ2) is 9.49. The van der Waals surface area contributed by atoms with Crippen LogP contribution in [0.1, 0.15) is 28.2 Å². The number of H-pyrrole nitrogens is 1. The highest BCUT2D eigenvalue weighted by molar-refractivity contribution is 6.10. The van der Waals surface area contributed by atoms with E-state index in [0.29, 0.717) is 5.69 Å². The lowest BCUT2D eigenvalue weighted by Crippen LogP contribution is -2.50. The number of ether oxygens (including phenoxy) is 1. The SMILES string of the molecule is Cc1nc(C(=O)NNC(=O)[C@@H](N)CC(=O)OCc2ccccc2)cc2c1[nH]c1ccccc12. The summed E-state index contributed by atoms with van der Waals surface area (Å²) in [7, 11) is 0. The summed E-state index contributed by atoms with van der Waals surface area (Å²) < 4.78 is 5.13. The first-order valence-corrected chi connectivity index (χ1v) is 10.4. The Balaban J connectivity index is 1.34. The van der Waals surface area contributed by atoms with Crippen molar-refractivity contribution in [3.63, 3.8) is 0 Å². The zero-order valence-corrected chi connectivity index (χ0v) is 17.9. The van der Waals surface area contributed by atoms with Crippen molar-refractivity contribution in [3.8, 4) is 0 Å². The van der Waals surface area contributed by atoms with Crippen LogP contribution in [-0.4, -0.2) is 33.8 Å². The molecule has 0 fully saturated rings. The van der Waals surface area contributed by atoms with E-state index in [9.17, 15) is 14.4 Å². The number of amides is 2. The lowest BCUT2D eigenvalue weighted by Gasteiger charge is -2.13. The topological polar surface area (TPSA) is 139 Å². The molecule has 9 heteroatoms. The lowest BCUT2D eigenvalue weighted by molar-refractivity contribution is -0.146. The smallest absolute Gasteiger partial charge is 0.308 e. The van der Waals surface area contributed by atoms with Gasteiger partial charge in [0.25, 0.3) is 11.8 Å². The van der Waals surface area contributed by atoms with E-state index in [-0.39, 0.29) is 18.7 Å². The second-order valence-electron chi connectivity index (χ2n) is 7.59. The quantitative estimate of drug-likeness (QED) is 0.265. The summed E-state index contributed by atoms with van der Waals surface area (Å²) in [4.78, 5) is 44.4. The number of aromatic amines is 1. The number of aryl methyl sites for hydroxylation is 1. The molecule has 4 rings (SSSR count). The van der Waals surface area contributed by atoms with Crippen LogP contribution in [0.2, 0.25) is 0 Å². The maximum Gasteiger partial charge on any atom is 0.308 e. The summed E-state index contributed by atoms with van der Waals surface area (Å²) >= 11 is 0. The van der Waals surface area contributed by atoms with E-state index in [4.69, 9.17) is 10.5 Å². The van der Waals surface area contributed by atoms with Gasteiger partial charge >= 0.3 is 5.97 Å². The number of para-hydroxylation sites is 1. The number of carbonyl (C=O) groups is 3. The second-order valence-corrected chi connectivity index (χ2v) is 7.59. The predicted molar refractivity (Wildman–Crippen MR) is 123 cm³/mol. The lowest BCUT2D eigenvalue weighted by atomic mass is 10.1. The fraction of sp³-hybridized carbons (Fsp3) is 0.167. The molecule has 0 aliphatic heterocycles. The summed E-state index contributed by atoms with van der Waals surface area (Å²) in [5.74, 6) is -1.93. The summed E-state index contributed by atoms with van der Waals surface area (Å²) in [5, 5.41) is 1.82. The first-order chi connectivity index (χ1) is 15.9. The molecular weight excluding hydrogens is 422 g/mol. The Bertz CT molecular complexity index is 1330. The van der Waals surface area contributed by atoms with Gasteiger partial charge in [0.1, 0.15) is 12.3 Å². The van der Waals surface area contributed by atoms with Crippen LogP contribution in [0.4, 0.5) is 0 Å². The highest BCUT2D eigenvalue weighted by atomic mass is 16.5. The van der Waals surface area contributed by atoms with Crippen molar-refractivity contribution in [2.24, 2.45) is 5.73 Å². The van der Waals surface area contributed by atoms with E-state index < -0.39 is 23.8 Å². The van der Waals surface area contributed by atoms with Crippen LogP contribution in [0.5, 0.6) is 0 Å². The van der Waals surface area contributed by atoms with Gasteiger partial charge in [0, 0.05) is 16.3 Å². The van der Waals surface area contributed by atoms with Gasteiger partial charge in [-0.3, -0.25) is 25.2 Å². The fourth-order valence-electron chi connectivity index (χ4n) is 3.47. The number of nitrogens with two attached hydrogens (primary N) is 1. The number of hydrogen-bond acceptors (Lipinski definition) is 6. The molecule has 2 aromatic heterocycles. The van der Waals surface area contributed by atoms with Crippen LogP contribution in [0.15, 0.2) is 60.7 Å². The molecule has 0 radical (unpaired) electrons. The third-order valence-corrected chi connectivity index (χ3v) is 5.18. The summed E-state index contributed by atoms with van der Waals surface area (Å²) in [6.07, 6.45) is -0.326. The molecule has 2 heterocycles. The average molecular weight is 445 g/mol. The van der Waals surface area contributed by atoms with E-state index in [1.807, 2.05) is 54.6 Å². The Labute approximate surface area is 189 Å². The van der Waals surface area contributed by atoms with Gasteiger partial charge in [-0.05, 0) is 24.6 Å². The van der Waals surface area contributed by atoms with Crippen LogP contribution >= 0.6 is 0 Å². The van der Waals surface area contributed by atoms with E-state index >= 15 is 0 Å². The van der Waals surface area contributed by atoms with Crippen LogP contribution in [0, 0.1) is 6.92 Å². The highest BCUT2D eigenvalue weighted by Gasteiger charge is 2.20. The molecular formula is C24H23N5O4. The molecule has 0 saturated carbocycles. The molecule has 0 bridgehead atoms. The number of hydrazine groups is 1. The van der Waals surface area contributed by atoms with E-state index in [2.05, 4.69) is 20.8 Å². The first kappa shape index (κ1) is 22.0. The zero-order chi connectivity index (χ0) is 23.4. The van der Waals surface area contributed by atoms with Crippen LogP contribution in [-0.2, 0) is 20.9 Å². The van der Waals surface area contributed by atoms with E-state index in [0.717, 1.165) is 27.4 Å². The maximum atomic E-state index is 12.6. The Morgan fingerprint density at radius 3 is 2.55 bits per heavy atom. The molecule has 4 aromatic rings. The standard InChI is InChI=1S/C24H23N5O4/c1-14-22-17(16-9-5-6-10-19(16)27-22)11-20(26-14)24(32)29-28-23(31)18(25)12-21(30)33-13-15-7-3-2-4-8-15/h2-11,18,27H,12-13,25H2,1H3,(H,28,31)(H,29,32)/t18-/m0/s1. The van der Waals surface area contributed by atoms with Crippen molar-refractivity contribution in [1.82, 2.24) is 20.8 Å². The normalized spacial score (nSPS) is 11.8. The summed E-state index contributed by atoms with van der Waals surface area (Å²) in [5.41, 5.74) is 13.7. The predicted octanol–water partition coefficient (Wildman–Crippen LogP) is 2.25. The number of fused-ring (bicyclic) bond motifs is 3. The first-order valence-electron chi connectivity index (χ1n) is 10.4. The van der Waals surface area contributed by atoms with E-state index in [1.54, 1.807) is 13.0 Å². The molecule has 0 aliphatic rings. The number of aromatic nitrogens is 2. The monoisotopic (exact) mass is 445 g/mol. The van der Waals surface area contributed by atoms with Crippen LogP contribution < -0.4 is 16.6 Å². The van der Waals surface area contributed by atoms with Gasteiger partial charge in [-0.25, -0.2) is 4.98 Å². The van der Waals surface area contributed by atoms with Crippen molar-refractivity contribution in [3.05, 3.63) is 77.6 Å². The fourth-order valence-corrected chi connectivity index (χ4v) is 3.47. The van der Waals surface area contributed by atoms with Gasteiger partial charge in [-0.15, -0.1) is 0 Å². The minimum Gasteiger partial charge on any atom is -0.461 e. The number of esters is 1. The minimum absolute atomic E-state index is 0.0894. The van der Waals surface area contributed by atoms with Gasteiger partial charge in [-0.1, -0.05) is 48.5 Å². The number of pyridine rings is 1. The molecule has 0 spiro atoms. The molecule has 5 N–H and O–H groups in total. The third kappa shape index (κ3) is 4.99. The van der Waals surface area contributed by atoms with Crippen molar-refractivity contribution in [2.75, 3.05) is 0 Å². The molecule has 2 amide bonds. The molecule has 0 unspecified atom stereocenters. The summed E-state index contributed by atoms with van der Waals surface area (Å²) in [6, 6.07) is 17.4. The molecule has 168 valence electrons. The highest BCUT2D eigenvalue weighted by Crippen LogP contribution is 2.27. The van der Waals surface area contributed by atoms with Crippen molar-refractivity contribution >= 4 is 39.6 Å². The number of hydrogen-bond donors (Lipinski definition) is 4. The number of rotatable bonds is 6. The van der Waals surface area contributed by atoms with E-state index in [1.165, 1.54) is 0 Å². The Kier molecular flexibility index (Phi) is 6.32. The maximum absolute atomic E-state index is 12.6. The molecule has 0 aliphatic carbocycles. The Morgan fingerprint density at radius 1 is 1.03 bits per heavy atom. The van der Waals surface area contributed by atoms with Gasteiger partial charge in [0.15, 0.2) is 0 Å². The Hall–Kier alpha value is -4.24. The van der Waals surface area contributed by atoms with Gasteiger partial charge in [-0.2, -0.15) is 0 Å². The Morgan fingerprint density at radius 2 is 1.76 bits per heavy atom. The van der Waals surface area contributed by atoms with Crippen LogP contribution in [0.25, 0.3) is 21.8 Å². The number of nitrogens with one attached hydrogen (secondary N) is 3. The molecule has 33 heavy (non-hydrogen) atoms. The number of nitrogens with zero attached hydrogens (tertiary/aromatic N) is 1. The van der Waals surface area contributed by atoms with Gasteiger partial charge in [0.2, 0.25) is 0 Å². The average Bonchev–Trinajstić information content (AvgIpc) is 3.21. The number of benzene rings is 2. The van der Waals surface area contributed by atoms with Crippen molar-refractivity contribution in [1.29, 1.82) is 0 Å². The molecule has 9 nitrogen and oxygen atoms in total. The largest absolute Gasteiger partial charge is 0.461 e.